The number of halogens is 1. The summed E-state index contributed by atoms with van der Waals surface area (Å²) in [5.74, 6) is -1.55. The fourth-order valence-electron chi connectivity index (χ4n) is 4.66. The van der Waals surface area contributed by atoms with E-state index in [9.17, 15) is 14.0 Å². The van der Waals surface area contributed by atoms with Gasteiger partial charge in [0, 0.05) is 46.1 Å². The topological polar surface area (TPSA) is 58.2 Å². The Morgan fingerprint density at radius 3 is 2.45 bits per heavy atom. The van der Waals surface area contributed by atoms with Gasteiger partial charge in [-0.2, -0.15) is 0 Å². The first-order valence-corrected chi connectivity index (χ1v) is 10.5. The van der Waals surface area contributed by atoms with Crippen molar-refractivity contribution in [1.82, 2.24) is 5.32 Å². The van der Waals surface area contributed by atoms with E-state index in [-0.39, 0.29) is 17.1 Å². The van der Waals surface area contributed by atoms with Crippen molar-refractivity contribution in [2.24, 2.45) is 5.41 Å². The van der Waals surface area contributed by atoms with Crippen molar-refractivity contribution in [1.29, 1.82) is 0 Å². The predicted molar refractivity (Wildman–Crippen MR) is 120 cm³/mol. The van der Waals surface area contributed by atoms with Crippen LogP contribution in [0.2, 0.25) is 0 Å². The minimum Gasteiger partial charge on any atom is -0.362 e. The van der Waals surface area contributed by atoms with E-state index < -0.39 is 11.7 Å². The van der Waals surface area contributed by atoms with Crippen LogP contribution in [0, 0.1) is 18.2 Å². The molecular formula is C26H27FN2O2. The molecule has 1 heterocycles. The summed E-state index contributed by atoms with van der Waals surface area (Å²) in [4.78, 5) is 26.7. The summed E-state index contributed by atoms with van der Waals surface area (Å²) in [6.07, 6.45) is 1.03. The number of ketones is 1. The van der Waals surface area contributed by atoms with Gasteiger partial charge in [-0.3, -0.25) is 9.59 Å². The van der Waals surface area contributed by atoms with Crippen LogP contribution < -0.4 is 10.6 Å². The first-order chi connectivity index (χ1) is 14.7. The lowest BCUT2D eigenvalue weighted by molar-refractivity contribution is -0.118. The van der Waals surface area contributed by atoms with Crippen molar-refractivity contribution in [3.05, 3.63) is 88.0 Å². The lowest BCUT2D eigenvalue weighted by Crippen LogP contribution is -2.39. The predicted octanol–water partition coefficient (Wildman–Crippen LogP) is 5.38. The molecule has 1 atom stereocenters. The largest absolute Gasteiger partial charge is 0.362 e. The molecule has 0 aromatic heterocycles. The number of allylic oxidation sites excluding steroid dienone is 3. The van der Waals surface area contributed by atoms with Crippen LogP contribution in [0.3, 0.4) is 0 Å². The molecule has 2 N–H and O–H groups in total. The van der Waals surface area contributed by atoms with Crippen LogP contribution in [-0.2, 0) is 9.59 Å². The molecule has 5 heteroatoms. The SMILES string of the molecule is CC1=C(C(=O)Nc2ccccc2C)[C@@H](c2ccccc2F)C2=C(CC(C)(C)CC2=O)N1. The van der Waals surface area contributed by atoms with Crippen molar-refractivity contribution < 1.29 is 14.0 Å². The zero-order chi connectivity index (χ0) is 22.3. The molecule has 31 heavy (non-hydrogen) atoms. The third-order valence-electron chi connectivity index (χ3n) is 6.09. The van der Waals surface area contributed by atoms with Crippen molar-refractivity contribution >= 4 is 17.4 Å². The number of benzene rings is 2. The molecule has 4 nitrogen and oxygen atoms in total. The van der Waals surface area contributed by atoms with Gasteiger partial charge in [0.2, 0.25) is 0 Å². The van der Waals surface area contributed by atoms with Gasteiger partial charge in [0.25, 0.3) is 5.91 Å². The Kier molecular flexibility index (Phi) is 5.29. The number of carbonyl (C=O) groups excluding carboxylic acids is 2. The van der Waals surface area contributed by atoms with Gasteiger partial charge in [-0.15, -0.1) is 0 Å². The van der Waals surface area contributed by atoms with Crippen LogP contribution in [0.5, 0.6) is 0 Å². The maximum atomic E-state index is 15.0. The quantitative estimate of drug-likeness (QED) is 0.704. The van der Waals surface area contributed by atoms with E-state index in [2.05, 4.69) is 10.6 Å². The highest BCUT2D eigenvalue weighted by atomic mass is 19.1. The number of rotatable bonds is 3. The van der Waals surface area contributed by atoms with E-state index in [0.29, 0.717) is 40.9 Å². The van der Waals surface area contributed by atoms with Crippen LogP contribution in [0.25, 0.3) is 0 Å². The maximum absolute atomic E-state index is 15.0. The molecule has 0 saturated heterocycles. The summed E-state index contributed by atoms with van der Waals surface area (Å²) >= 11 is 0. The third kappa shape index (κ3) is 3.92. The van der Waals surface area contributed by atoms with Gasteiger partial charge in [0.1, 0.15) is 5.82 Å². The molecule has 4 rings (SSSR count). The second-order valence-electron chi connectivity index (χ2n) is 9.22. The zero-order valence-electron chi connectivity index (χ0n) is 18.3. The number of carbonyl (C=O) groups is 2. The van der Waals surface area contributed by atoms with Gasteiger partial charge < -0.3 is 10.6 Å². The average Bonchev–Trinajstić information content (AvgIpc) is 2.68. The Morgan fingerprint density at radius 2 is 1.74 bits per heavy atom. The first-order valence-electron chi connectivity index (χ1n) is 10.5. The van der Waals surface area contributed by atoms with Crippen LogP contribution in [0.15, 0.2) is 71.1 Å². The van der Waals surface area contributed by atoms with Crippen LogP contribution in [0.4, 0.5) is 10.1 Å². The van der Waals surface area contributed by atoms with Crippen LogP contribution >= 0.6 is 0 Å². The van der Waals surface area contributed by atoms with Crippen molar-refractivity contribution in [2.45, 2.75) is 46.5 Å². The van der Waals surface area contributed by atoms with Gasteiger partial charge in [0.05, 0.1) is 0 Å². The fourth-order valence-corrected chi connectivity index (χ4v) is 4.66. The summed E-state index contributed by atoms with van der Waals surface area (Å²) in [6.45, 7) is 7.83. The molecule has 1 aliphatic heterocycles. The van der Waals surface area contributed by atoms with Crippen LogP contribution in [-0.4, -0.2) is 11.7 Å². The molecule has 0 unspecified atom stereocenters. The number of aryl methyl sites for hydroxylation is 1. The normalized spacial score (nSPS) is 20.3. The molecule has 0 fully saturated rings. The van der Waals surface area contributed by atoms with Gasteiger partial charge >= 0.3 is 0 Å². The van der Waals surface area contributed by atoms with E-state index in [1.54, 1.807) is 18.2 Å². The second kappa shape index (κ2) is 7.80. The van der Waals surface area contributed by atoms with Crippen LogP contribution in [0.1, 0.15) is 50.7 Å². The molecule has 2 aromatic rings. The number of amides is 1. The van der Waals surface area contributed by atoms with Crippen molar-refractivity contribution in [3.63, 3.8) is 0 Å². The van der Waals surface area contributed by atoms with Gasteiger partial charge in [-0.1, -0.05) is 50.2 Å². The minimum atomic E-state index is -0.745. The number of hydrogen-bond donors (Lipinski definition) is 2. The van der Waals surface area contributed by atoms with Gasteiger partial charge in [0.15, 0.2) is 5.78 Å². The maximum Gasteiger partial charge on any atom is 0.254 e. The Morgan fingerprint density at radius 1 is 1.06 bits per heavy atom. The molecule has 2 aromatic carbocycles. The lowest BCUT2D eigenvalue weighted by atomic mass is 9.68. The second-order valence-corrected chi connectivity index (χ2v) is 9.22. The highest BCUT2D eigenvalue weighted by Crippen LogP contribution is 2.47. The van der Waals surface area contributed by atoms with E-state index in [0.717, 1.165) is 11.3 Å². The minimum absolute atomic E-state index is 0.0410. The number of hydrogen-bond acceptors (Lipinski definition) is 3. The summed E-state index contributed by atoms with van der Waals surface area (Å²) in [5, 5.41) is 6.27. The van der Waals surface area contributed by atoms with Gasteiger partial charge in [-0.05, 0) is 43.4 Å². The average molecular weight is 419 g/mol. The molecule has 0 spiro atoms. The Labute approximate surface area is 182 Å². The summed E-state index contributed by atoms with van der Waals surface area (Å²) < 4.78 is 15.0. The summed E-state index contributed by atoms with van der Waals surface area (Å²) in [6, 6.07) is 13.9. The molecule has 1 aliphatic carbocycles. The molecule has 1 amide bonds. The van der Waals surface area contributed by atoms with Crippen molar-refractivity contribution in [2.75, 3.05) is 5.32 Å². The number of para-hydroxylation sites is 1. The number of Topliss-reactive ketones (excluding diaryl/α,β-unsaturated/α-hetero) is 1. The molecule has 0 radical (unpaired) electrons. The number of anilines is 1. The standard InChI is InChI=1S/C26H27FN2O2/c1-15-9-5-8-12-19(15)29-25(31)22-16(2)28-20-13-26(3,4)14-21(30)24(20)23(22)17-10-6-7-11-18(17)27/h5-12,23,28H,13-14H2,1-4H3,(H,29,31)/t23-/m1/s1. The Bertz CT molecular complexity index is 1140. The lowest BCUT2D eigenvalue weighted by Gasteiger charge is -2.39. The smallest absolute Gasteiger partial charge is 0.254 e. The summed E-state index contributed by atoms with van der Waals surface area (Å²) in [7, 11) is 0. The Balaban J connectivity index is 1.84. The molecule has 160 valence electrons. The van der Waals surface area contributed by atoms with E-state index in [1.807, 2.05) is 52.0 Å². The highest BCUT2D eigenvalue weighted by Gasteiger charge is 2.43. The Hall–Kier alpha value is -3.21. The molecular weight excluding hydrogens is 391 g/mol. The fraction of sp³-hybridized carbons (Fsp3) is 0.308. The van der Waals surface area contributed by atoms with E-state index >= 15 is 0 Å². The van der Waals surface area contributed by atoms with Crippen molar-refractivity contribution in [3.8, 4) is 0 Å². The first kappa shape index (κ1) is 21.0. The number of nitrogens with one attached hydrogen (secondary N) is 2. The van der Waals surface area contributed by atoms with E-state index in [4.69, 9.17) is 0 Å². The monoisotopic (exact) mass is 418 g/mol. The third-order valence-corrected chi connectivity index (χ3v) is 6.09. The van der Waals surface area contributed by atoms with E-state index in [1.165, 1.54) is 6.07 Å². The molecule has 2 aliphatic rings. The number of dihydropyridines is 1. The zero-order valence-corrected chi connectivity index (χ0v) is 18.3. The van der Waals surface area contributed by atoms with Gasteiger partial charge in [-0.25, -0.2) is 4.39 Å². The summed E-state index contributed by atoms with van der Waals surface area (Å²) in [5.41, 5.74) is 4.09. The highest BCUT2D eigenvalue weighted by molar-refractivity contribution is 6.10. The molecule has 0 bridgehead atoms. The molecule has 0 saturated carbocycles.